The SMILES string of the molecule is CC(C)(C)OC(=O)NCc1ccc(-c2ccc([C@@H](O)[C@@H](CF)NC(=O)C(Cl)Cl)cc2)s1. The van der Waals surface area contributed by atoms with Crippen molar-refractivity contribution < 1.29 is 23.8 Å². The van der Waals surface area contributed by atoms with Gasteiger partial charge in [-0.1, -0.05) is 47.5 Å². The van der Waals surface area contributed by atoms with Crippen molar-refractivity contribution in [2.24, 2.45) is 0 Å². The number of ether oxygens (including phenoxy) is 1. The van der Waals surface area contributed by atoms with Crippen LogP contribution in [0.5, 0.6) is 0 Å². The van der Waals surface area contributed by atoms with Crippen molar-refractivity contribution in [3.05, 3.63) is 46.8 Å². The van der Waals surface area contributed by atoms with Crippen LogP contribution >= 0.6 is 34.5 Å². The Morgan fingerprint density at radius 1 is 1.16 bits per heavy atom. The van der Waals surface area contributed by atoms with Crippen LogP contribution in [0, 0.1) is 0 Å². The fourth-order valence-corrected chi connectivity index (χ4v) is 3.70. The van der Waals surface area contributed by atoms with E-state index >= 15 is 0 Å². The minimum absolute atomic E-state index is 0.344. The van der Waals surface area contributed by atoms with Crippen molar-refractivity contribution in [3.8, 4) is 10.4 Å². The van der Waals surface area contributed by atoms with Crippen LogP contribution in [0.1, 0.15) is 37.3 Å². The number of hydrogen-bond donors (Lipinski definition) is 3. The third-order valence-corrected chi connectivity index (χ3v) is 5.61. The number of carbonyl (C=O) groups is 2. The van der Waals surface area contributed by atoms with Crippen LogP contribution in [0.2, 0.25) is 0 Å². The molecule has 170 valence electrons. The van der Waals surface area contributed by atoms with Gasteiger partial charge in [-0.05, 0) is 44.0 Å². The highest BCUT2D eigenvalue weighted by molar-refractivity contribution is 7.15. The van der Waals surface area contributed by atoms with Gasteiger partial charge in [-0.15, -0.1) is 11.3 Å². The van der Waals surface area contributed by atoms with Crippen LogP contribution in [0.25, 0.3) is 10.4 Å². The summed E-state index contributed by atoms with van der Waals surface area (Å²) in [7, 11) is 0. The van der Waals surface area contributed by atoms with E-state index in [1.54, 1.807) is 45.0 Å². The topological polar surface area (TPSA) is 87.7 Å². The van der Waals surface area contributed by atoms with Gasteiger partial charge in [0.05, 0.1) is 12.6 Å². The van der Waals surface area contributed by atoms with Crippen molar-refractivity contribution in [1.82, 2.24) is 10.6 Å². The number of benzene rings is 1. The molecule has 0 aliphatic rings. The summed E-state index contributed by atoms with van der Waals surface area (Å²) in [4.78, 5) is 23.9. The van der Waals surface area contributed by atoms with Gasteiger partial charge in [-0.25, -0.2) is 9.18 Å². The van der Waals surface area contributed by atoms with Crippen molar-refractivity contribution in [3.63, 3.8) is 0 Å². The lowest BCUT2D eigenvalue weighted by Gasteiger charge is -2.22. The Bertz CT molecular complexity index is 884. The van der Waals surface area contributed by atoms with Crippen molar-refractivity contribution in [2.45, 2.75) is 49.9 Å². The van der Waals surface area contributed by atoms with E-state index in [0.29, 0.717) is 12.1 Å². The maximum absolute atomic E-state index is 13.3. The van der Waals surface area contributed by atoms with Gasteiger partial charge in [0.1, 0.15) is 18.4 Å². The summed E-state index contributed by atoms with van der Waals surface area (Å²) in [5.41, 5.74) is 0.777. The van der Waals surface area contributed by atoms with Crippen LogP contribution in [0.4, 0.5) is 9.18 Å². The van der Waals surface area contributed by atoms with Crippen molar-refractivity contribution >= 4 is 46.5 Å². The molecule has 2 atom stereocenters. The summed E-state index contributed by atoms with van der Waals surface area (Å²) in [5, 5.41) is 15.4. The average Bonchev–Trinajstić information content (AvgIpc) is 3.17. The van der Waals surface area contributed by atoms with E-state index in [2.05, 4.69) is 10.6 Å². The van der Waals surface area contributed by atoms with Gasteiger partial charge >= 0.3 is 6.09 Å². The second kappa shape index (κ2) is 11.1. The first-order valence-corrected chi connectivity index (χ1v) is 11.2. The second-order valence-electron chi connectivity index (χ2n) is 7.76. The molecular weight excluding hydrogens is 466 g/mol. The lowest BCUT2D eigenvalue weighted by molar-refractivity contribution is -0.121. The highest BCUT2D eigenvalue weighted by Crippen LogP contribution is 2.30. The van der Waals surface area contributed by atoms with Crippen LogP contribution in [0.3, 0.4) is 0 Å². The van der Waals surface area contributed by atoms with Gasteiger partial charge in [0.2, 0.25) is 0 Å². The first-order chi connectivity index (χ1) is 14.5. The number of halogens is 3. The number of alkyl carbamates (subject to hydrolysis) is 1. The third kappa shape index (κ3) is 7.96. The molecule has 2 amide bonds. The molecule has 0 unspecified atom stereocenters. The number of carbonyl (C=O) groups excluding carboxylic acids is 2. The van der Waals surface area contributed by atoms with Gasteiger partial charge in [0.15, 0.2) is 4.84 Å². The van der Waals surface area contributed by atoms with E-state index in [1.807, 2.05) is 12.1 Å². The number of nitrogens with one attached hydrogen (secondary N) is 2. The minimum Gasteiger partial charge on any atom is -0.444 e. The normalized spacial score (nSPS) is 13.5. The Balaban J connectivity index is 2.00. The number of alkyl halides is 3. The summed E-state index contributed by atoms with van der Waals surface area (Å²) in [6, 6.07) is 9.57. The van der Waals surface area contributed by atoms with E-state index in [4.69, 9.17) is 27.9 Å². The zero-order valence-corrected chi connectivity index (χ0v) is 19.7. The Hall–Kier alpha value is -1.87. The largest absolute Gasteiger partial charge is 0.444 e. The Morgan fingerprint density at radius 2 is 1.81 bits per heavy atom. The minimum atomic E-state index is -1.35. The van der Waals surface area contributed by atoms with Gasteiger partial charge < -0.3 is 20.5 Å². The molecule has 0 spiro atoms. The zero-order chi connectivity index (χ0) is 23.2. The third-order valence-electron chi connectivity index (χ3n) is 4.08. The molecule has 0 fully saturated rings. The molecule has 10 heteroatoms. The molecule has 2 aromatic rings. The Morgan fingerprint density at radius 3 is 2.35 bits per heavy atom. The summed E-state index contributed by atoms with van der Waals surface area (Å²) < 4.78 is 18.5. The molecule has 0 aliphatic carbocycles. The number of amides is 2. The molecule has 0 saturated carbocycles. The average molecular weight is 491 g/mol. The summed E-state index contributed by atoms with van der Waals surface area (Å²) in [6.07, 6.45) is -1.74. The highest BCUT2D eigenvalue weighted by atomic mass is 35.5. The smallest absolute Gasteiger partial charge is 0.407 e. The highest BCUT2D eigenvalue weighted by Gasteiger charge is 2.25. The van der Waals surface area contributed by atoms with Gasteiger partial charge in [-0.3, -0.25) is 4.79 Å². The zero-order valence-electron chi connectivity index (χ0n) is 17.3. The van der Waals surface area contributed by atoms with Crippen LogP contribution in [-0.4, -0.2) is 40.3 Å². The molecule has 1 aromatic carbocycles. The predicted octanol–water partition coefficient (Wildman–Crippen LogP) is 4.73. The summed E-state index contributed by atoms with van der Waals surface area (Å²) in [6.45, 7) is 4.76. The molecule has 1 aromatic heterocycles. The number of thiophene rings is 1. The van der Waals surface area contributed by atoms with Crippen LogP contribution in [-0.2, 0) is 16.1 Å². The van der Waals surface area contributed by atoms with E-state index in [-0.39, 0.29) is 0 Å². The molecule has 0 aliphatic heterocycles. The monoisotopic (exact) mass is 490 g/mol. The molecule has 2 rings (SSSR count). The first-order valence-electron chi connectivity index (χ1n) is 9.48. The summed E-state index contributed by atoms with van der Waals surface area (Å²) in [5.74, 6) is -0.771. The molecular formula is C21H25Cl2FN2O4S. The molecule has 3 N–H and O–H groups in total. The Kier molecular flexibility index (Phi) is 9.12. The fraction of sp³-hybridized carbons (Fsp3) is 0.429. The van der Waals surface area contributed by atoms with E-state index in [0.717, 1.165) is 15.3 Å². The summed E-state index contributed by atoms with van der Waals surface area (Å²) >= 11 is 12.4. The number of aliphatic hydroxyl groups is 1. The van der Waals surface area contributed by atoms with Gasteiger partial charge in [0, 0.05) is 9.75 Å². The quantitative estimate of drug-likeness (QED) is 0.466. The van der Waals surface area contributed by atoms with Crippen molar-refractivity contribution in [1.29, 1.82) is 0 Å². The van der Waals surface area contributed by atoms with Crippen LogP contribution in [0.15, 0.2) is 36.4 Å². The first kappa shape index (κ1) is 25.4. The predicted molar refractivity (Wildman–Crippen MR) is 121 cm³/mol. The molecule has 0 radical (unpaired) electrons. The van der Waals surface area contributed by atoms with Crippen LogP contribution < -0.4 is 10.6 Å². The molecule has 0 bridgehead atoms. The lowest BCUT2D eigenvalue weighted by atomic mass is 10.0. The fourth-order valence-electron chi connectivity index (χ4n) is 2.63. The van der Waals surface area contributed by atoms with E-state index in [1.165, 1.54) is 11.3 Å². The molecule has 6 nitrogen and oxygen atoms in total. The van der Waals surface area contributed by atoms with E-state index in [9.17, 15) is 19.1 Å². The Labute approximate surface area is 194 Å². The number of hydrogen-bond acceptors (Lipinski definition) is 5. The lowest BCUT2D eigenvalue weighted by Crippen LogP contribution is -2.43. The second-order valence-corrected chi connectivity index (χ2v) is 10.0. The molecule has 0 saturated heterocycles. The standard InChI is InChI=1S/C21H25Cl2FN2O4S/c1-21(2,3)30-20(29)25-11-14-8-9-16(31-14)12-4-6-13(7-5-12)17(27)15(10-24)26-19(28)18(22)23/h4-9,15,17-18,27H,10-11H2,1-3H3,(H,25,29)(H,26,28)/t15-,17-/m1/s1. The number of aliphatic hydroxyl groups excluding tert-OH is 1. The van der Waals surface area contributed by atoms with Crippen molar-refractivity contribution in [2.75, 3.05) is 6.67 Å². The number of rotatable bonds is 8. The molecule has 1 heterocycles. The maximum Gasteiger partial charge on any atom is 0.407 e. The van der Waals surface area contributed by atoms with Gasteiger partial charge in [-0.2, -0.15) is 0 Å². The van der Waals surface area contributed by atoms with Gasteiger partial charge in [0.25, 0.3) is 5.91 Å². The molecule has 31 heavy (non-hydrogen) atoms. The maximum atomic E-state index is 13.3. The van der Waals surface area contributed by atoms with E-state index < -0.39 is 41.3 Å².